The molecule has 2 aromatic rings. The van der Waals surface area contributed by atoms with E-state index < -0.39 is 0 Å². The van der Waals surface area contributed by atoms with Gasteiger partial charge in [-0.3, -0.25) is 9.48 Å². The molecule has 1 aromatic heterocycles. The third-order valence-electron chi connectivity index (χ3n) is 3.42. The lowest BCUT2D eigenvalue weighted by atomic mass is 10.1. The number of rotatable bonds is 4. The second kappa shape index (κ2) is 5.54. The zero-order chi connectivity index (χ0) is 13.9. The van der Waals surface area contributed by atoms with Gasteiger partial charge < -0.3 is 4.74 Å². The Balaban J connectivity index is 1.85. The van der Waals surface area contributed by atoms with Crippen LogP contribution in [0.2, 0.25) is 0 Å². The van der Waals surface area contributed by atoms with E-state index in [2.05, 4.69) is 5.10 Å². The van der Waals surface area contributed by atoms with Crippen LogP contribution in [0.4, 0.5) is 4.39 Å². The fourth-order valence-electron chi connectivity index (χ4n) is 2.49. The molecule has 1 fully saturated rings. The number of ether oxygens (including phenoxy) is 1. The molecule has 0 saturated carbocycles. The standard InChI is InChI=1S/C15H15FN2O2/c16-13-4-1-3-11(7-13)8-18-9-12(10-19)15(17-18)14-5-2-6-20-14/h1,3-4,7,9-10,14H,2,5-6,8H2. The number of halogens is 1. The van der Waals surface area contributed by atoms with Crippen LogP contribution < -0.4 is 0 Å². The minimum Gasteiger partial charge on any atom is -0.372 e. The Labute approximate surface area is 116 Å². The summed E-state index contributed by atoms with van der Waals surface area (Å²) in [4.78, 5) is 11.1. The van der Waals surface area contributed by atoms with Gasteiger partial charge in [0.1, 0.15) is 17.6 Å². The highest BCUT2D eigenvalue weighted by atomic mass is 19.1. The van der Waals surface area contributed by atoms with Crippen LogP contribution in [0.1, 0.15) is 40.6 Å². The van der Waals surface area contributed by atoms with Gasteiger partial charge in [0.2, 0.25) is 0 Å². The normalized spacial score (nSPS) is 18.4. The lowest BCUT2D eigenvalue weighted by Crippen LogP contribution is -2.04. The summed E-state index contributed by atoms with van der Waals surface area (Å²) in [5.74, 6) is -0.274. The fraction of sp³-hybridized carbons (Fsp3) is 0.333. The van der Waals surface area contributed by atoms with Crippen molar-refractivity contribution in [3.05, 3.63) is 53.1 Å². The average Bonchev–Trinajstić information content (AvgIpc) is 3.06. The maximum Gasteiger partial charge on any atom is 0.153 e. The van der Waals surface area contributed by atoms with Crippen molar-refractivity contribution < 1.29 is 13.9 Å². The van der Waals surface area contributed by atoms with Crippen LogP contribution in [0.25, 0.3) is 0 Å². The predicted octanol–water partition coefficient (Wildman–Crippen LogP) is 2.73. The van der Waals surface area contributed by atoms with Crippen molar-refractivity contribution in [1.82, 2.24) is 9.78 Å². The molecule has 0 amide bonds. The first-order chi connectivity index (χ1) is 9.76. The van der Waals surface area contributed by atoms with E-state index in [4.69, 9.17) is 4.74 Å². The van der Waals surface area contributed by atoms with Crippen molar-refractivity contribution in [3.8, 4) is 0 Å². The van der Waals surface area contributed by atoms with E-state index in [1.165, 1.54) is 12.1 Å². The lowest BCUT2D eigenvalue weighted by Gasteiger charge is -2.06. The van der Waals surface area contributed by atoms with Crippen molar-refractivity contribution >= 4 is 6.29 Å². The van der Waals surface area contributed by atoms with E-state index in [1.807, 2.05) is 6.07 Å². The number of carbonyl (C=O) groups excluding carboxylic acids is 1. The highest BCUT2D eigenvalue weighted by molar-refractivity contribution is 5.76. The van der Waals surface area contributed by atoms with Gasteiger partial charge >= 0.3 is 0 Å². The summed E-state index contributed by atoms with van der Waals surface area (Å²) in [5, 5.41) is 4.43. The van der Waals surface area contributed by atoms with E-state index >= 15 is 0 Å². The summed E-state index contributed by atoms with van der Waals surface area (Å²) in [6.45, 7) is 1.14. The van der Waals surface area contributed by atoms with Crippen LogP contribution in [-0.4, -0.2) is 22.7 Å². The number of hydrogen-bond acceptors (Lipinski definition) is 3. The largest absolute Gasteiger partial charge is 0.372 e. The van der Waals surface area contributed by atoms with Gasteiger partial charge in [0.15, 0.2) is 6.29 Å². The Hall–Kier alpha value is -2.01. The van der Waals surface area contributed by atoms with E-state index in [-0.39, 0.29) is 11.9 Å². The highest BCUT2D eigenvalue weighted by Crippen LogP contribution is 2.29. The van der Waals surface area contributed by atoms with Crippen molar-refractivity contribution in [2.45, 2.75) is 25.5 Å². The van der Waals surface area contributed by atoms with Gasteiger partial charge in [-0.05, 0) is 30.5 Å². The Bertz CT molecular complexity index is 618. The van der Waals surface area contributed by atoms with Gasteiger partial charge in [-0.2, -0.15) is 5.10 Å². The number of hydrogen-bond donors (Lipinski definition) is 0. The Morgan fingerprint density at radius 2 is 2.40 bits per heavy atom. The molecule has 5 heteroatoms. The molecule has 2 heterocycles. The van der Waals surface area contributed by atoms with Crippen LogP contribution in [0.5, 0.6) is 0 Å². The highest BCUT2D eigenvalue weighted by Gasteiger charge is 2.23. The van der Waals surface area contributed by atoms with Crippen LogP contribution in [0.15, 0.2) is 30.5 Å². The van der Waals surface area contributed by atoms with Crippen LogP contribution in [0, 0.1) is 5.82 Å². The molecule has 1 unspecified atom stereocenters. The Morgan fingerprint density at radius 3 is 3.10 bits per heavy atom. The number of nitrogens with zero attached hydrogens (tertiary/aromatic N) is 2. The van der Waals surface area contributed by atoms with Crippen molar-refractivity contribution in [2.24, 2.45) is 0 Å². The molecule has 0 radical (unpaired) electrons. The summed E-state index contributed by atoms with van der Waals surface area (Å²) in [6, 6.07) is 6.36. The average molecular weight is 274 g/mol. The molecule has 0 spiro atoms. The minimum atomic E-state index is -0.274. The van der Waals surface area contributed by atoms with Crippen LogP contribution in [0.3, 0.4) is 0 Å². The van der Waals surface area contributed by atoms with Gasteiger partial charge in [0, 0.05) is 12.8 Å². The molecular formula is C15H15FN2O2. The number of aromatic nitrogens is 2. The molecule has 0 N–H and O–H groups in total. The summed E-state index contributed by atoms with van der Waals surface area (Å²) >= 11 is 0. The first-order valence-electron chi connectivity index (χ1n) is 6.65. The second-order valence-corrected chi connectivity index (χ2v) is 4.92. The zero-order valence-electron chi connectivity index (χ0n) is 11.0. The molecule has 1 atom stereocenters. The Morgan fingerprint density at radius 1 is 1.50 bits per heavy atom. The topological polar surface area (TPSA) is 44.1 Å². The minimum absolute atomic E-state index is 0.0936. The van der Waals surface area contributed by atoms with Crippen molar-refractivity contribution in [2.75, 3.05) is 6.61 Å². The van der Waals surface area contributed by atoms with E-state index in [9.17, 15) is 9.18 Å². The van der Waals surface area contributed by atoms with Crippen molar-refractivity contribution in [3.63, 3.8) is 0 Å². The number of carbonyl (C=O) groups is 1. The molecule has 0 aliphatic carbocycles. The molecule has 1 aliphatic heterocycles. The lowest BCUT2D eigenvalue weighted by molar-refractivity contribution is 0.103. The van der Waals surface area contributed by atoms with Gasteiger partial charge in [-0.15, -0.1) is 0 Å². The zero-order valence-corrected chi connectivity index (χ0v) is 11.0. The fourth-order valence-corrected chi connectivity index (χ4v) is 2.49. The molecule has 3 rings (SSSR count). The molecule has 1 aromatic carbocycles. The molecule has 1 saturated heterocycles. The summed E-state index contributed by atoms with van der Waals surface area (Å²) in [6.07, 6.45) is 4.27. The third-order valence-corrected chi connectivity index (χ3v) is 3.42. The van der Waals surface area contributed by atoms with Crippen LogP contribution >= 0.6 is 0 Å². The van der Waals surface area contributed by atoms with E-state index in [1.54, 1.807) is 16.9 Å². The first-order valence-corrected chi connectivity index (χ1v) is 6.65. The molecule has 0 bridgehead atoms. The number of aldehydes is 1. The first kappa shape index (κ1) is 13.0. The quantitative estimate of drug-likeness (QED) is 0.805. The van der Waals surface area contributed by atoms with Gasteiger partial charge in [-0.25, -0.2) is 4.39 Å². The maximum absolute atomic E-state index is 13.2. The molecular weight excluding hydrogens is 259 g/mol. The number of benzene rings is 1. The molecule has 4 nitrogen and oxygen atoms in total. The molecule has 20 heavy (non-hydrogen) atoms. The summed E-state index contributed by atoms with van der Waals surface area (Å²) in [5.41, 5.74) is 2.05. The van der Waals surface area contributed by atoms with Gasteiger partial charge in [0.25, 0.3) is 0 Å². The maximum atomic E-state index is 13.2. The smallest absolute Gasteiger partial charge is 0.153 e. The van der Waals surface area contributed by atoms with E-state index in [0.717, 1.165) is 24.7 Å². The Kier molecular flexibility index (Phi) is 3.60. The summed E-state index contributed by atoms with van der Waals surface area (Å²) < 4.78 is 20.4. The monoisotopic (exact) mass is 274 g/mol. The summed E-state index contributed by atoms with van der Waals surface area (Å²) in [7, 11) is 0. The van der Waals surface area contributed by atoms with E-state index in [0.29, 0.717) is 24.4 Å². The molecule has 1 aliphatic rings. The van der Waals surface area contributed by atoms with Crippen molar-refractivity contribution in [1.29, 1.82) is 0 Å². The third kappa shape index (κ3) is 2.63. The SMILES string of the molecule is O=Cc1cn(Cc2cccc(F)c2)nc1C1CCCO1. The predicted molar refractivity (Wildman–Crippen MR) is 71.0 cm³/mol. The molecule has 104 valence electrons. The second-order valence-electron chi connectivity index (χ2n) is 4.92. The van der Waals surface area contributed by atoms with Gasteiger partial charge in [-0.1, -0.05) is 12.1 Å². The van der Waals surface area contributed by atoms with Crippen LogP contribution in [-0.2, 0) is 11.3 Å². The van der Waals surface area contributed by atoms with Gasteiger partial charge in [0.05, 0.1) is 12.1 Å².